The molecule has 1 aromatic heterocycles. The van der Waals surface area contributed by atoms with Crippen LogP contribution in [0, 0.1) is 10.1 Å². The van der Waals surface area contributed by atoms with E-state index in [9.17, 15) is 10.1 Å². The molecule has 0 saturated heterocycles. The molecule has 6 nitrogen and oxygen atoms in total. The summed E-state index contributed by atoms with van der Waals surface area (Å²) in [7, 11) is 0. The highest BCUT2D eigenvalue weighted by Gasteiger charge is 2.17. The van der Waals surface area contributed by atoms with Gasteiger partial charge in [-0.15, -0.1) is 0 Å². The molecular weight excluding hydrogens is 168 g/mol. The van der Waals surface area contributed by atoms with Crippen molar-refractivity contribution in [2.45, 2.75) is 0 Å². The number of hydrogen-bond acceptors (Lipinski definition) is 4. The summed E-state index contributed by atoms with van der Waals surface area (Å²) < 4.78 is 0. The van der Waals surface area contributed by atoms with Crippen LogP contribution < -0.4 is 5.73 Å². The number of nitrogens with zero attached hydrogens (tertiary/aromatic N) is 2. The molecule has 11 heavy (non-hydrogen) atoms. The van der Waals surface area contributed by atoms with E-state index in [4.69, 9.17) is 5.73 Å². The molecule has 1 heterocycles. The number of nitrogens with two attached hydrogens (primary N) is 1. The molecule has 0 fully saturated rings. The molecule has 0 aliphatic carbocycles. The SMILES string of the molecule is NC(=S)c1[nH]ncc1[N+](=O)[O-]. The molecule has 1 aromatic rings. The van der Waals surface area contributed by atoms with Crippen molar-refractivity contribution < 1.29 is 4.92 Å². The molecule has 0 amide bonds. The maximum atomic E-state index is 10.2. The maximum absolute atomic E-state index is 10.2. The first-order valence-electron chi connectivity index (χ1n) is 2.60. The van der Waals surface area contributed by atoms with Gasteiger partial charge in [-0.05, 0) is 0 Å². The Kier molecular flexibility index (Phi) is 1.81. The first-order chi connectivity index (χ1) is 5.13. The van der Waals surface area contributed by atoms with E-state index < -0.39 is 4.92 Å². The number of rotatable bonds is 2. The van der Waals surface area contributed by atoms with E-state index in [1.165, 1.54) is 0 Å². The average molecular weight is 172 g/mol. The predicted octanol–water partition coefficient (Wildman–Crippen LogP) is -0.0479. The molecule has 0 bridgehead atoms. The van der Waals surface area contributed by atoms with Gasteiger partial charge in [-0.2, -0.15) is 5.10 Å². The minimum Gasteiger partial charge on any atom is -0.388 e. The summed E-state index contributed by atoms with van der Waals surface area (Å²) in [6.07, 6.45) is 1.06. The summed E-state index contributed by atoms with van der Waals surface area (Å²) in [4.78, 5) is 9.56. The first kappa shape index (κ1) is 7.61. The molecule has 0 aromatic carbocycles. The van der Waals surface area contributed by atoms with Crippen LogP contribution in [0.4, 0.5) is 5.69 Å². The Morgan fingerprint density at radius 3 is 2.91 bits per heavy atom. The Hall–Kier alpha value is -1.50. The normalized spacial score (nSPS) is 9.45. The van der Waals surface area contributed by atoms with Crippen LogP contribution in [-0.2, 0) is 0 Å². The summed E-state index contributed by atoms with van der Waals surface area (Å²) in [5, 5.41) is 16.0. The minimum absolute atomic E-state index is 0.0609. The minimum atomic E-state index is -0.599. The van der Waals surface area contributed by atoms with Gasteiger partial charge in [0.1, 0.15) is 11.2 Å². The van der Waals surface area contributed by atoms with E-state index in [1.54, 1.807) is 0 Å². The van der Waals surface area contributed by atoms with Gasteiger partial charge in [0, 0.05) is 0 Å². The third-order valence-corrected chi connectivity index (χ3v) is 1.27. The highest BCUT2D eigenvalue weighted by molar-refractivity contribution is 7.80. The van der Waals surface area contributed by atoms with E-state index in [-0.39, 0.29) is 16.4 Å². The van der Waals surface area contributed by atoms with Gasteiger partial charge in [0.15, 0.2) is 5.69 Å². The molecule has 0 unspecified atom stereocenters. The predicted molar refractivity (Wildman–Crippen MR) is 41.1 cm³/mol. The number of thiocarbonyl (C=S) groups is 1. The van der Waals surface area contributed by atoms with Gasteiger partial charge in [-0.25, -0.2) is 0 Å². The fraction of sp³-hybridized carbons (Fsp3) is 0. The monoisotopic (exact) mass is 172 g/mol. The Balaban J connectivity index is 3.16. The molecule has 0 atom stereocenters. The van der Waals surface area contributed by atoms with E-state index in [1.807, 2.05) is 0 Å². The zero-order chi connectivity index (χ0) is 8.43. The van der Waals surface area contributed by atoms with Crippen LogP contribution in [-0.4, -0.2) is 20.1 Å². The summed E-state index contributed by atoms with van der Waals surface area (Å²) >= 11 is 4.52. The molecule has 1 rings (SSSR count). The number of aromatic nitrogens is 2. The van der Waals surface area contributed by atoms with Crippen molar-refractivity contribution in [3.05, 3.63) is 22.0 Å². The molecule has 0 aliphatic heterocycles. The fourth-order valence-corrected chi connectivity index (χ4v) is 0.750. The van der Waals surface area contributed by atoms with Crippen molar-refractivity contribution in [2.75, 3.05) is 0 Å². The number of aromatic amines is 1. The zero-order valence-electron chi connectivity index (χ0n) is 5.27. The molecule has 0 aliphatic rings. The van der Waals surface area contributed by atoms with Crippen LogP contribution in [0.25, 0.3) is 0 Å². The lowest BCUT2D eigenvalue weighted by Gasteiger charge is -1.89. The van der Waals surface area contributed by atoms with Gasteiger partial charge in [-0.3, -0.25) is 15.2 Å². The van der Waals surface area contributed by atoms with Gasteiger partial charge in [-0.1, -0.05) is 12.2 Å². The highest BCUT2D eigenvalue weighted by Crippen LogP contribution is 2.13. The summed E-state index contributed by atoms with van der Waals surface area (Å²) in [5.41, 5.74) is 5.04. The van der Waals surface area contributed by atoms with Crippen molar-refractivity contribution in [1.29, 1.82) is 0 Å². The van der Waals surface area contributed by atoms with Crippen molar-refractivity contribution >= 4 is 22.9 Å². The molecule has 58 valence electrons. The summed E-state index contributed by atoms with van der Waals surface area (Å²) in [5.74, 6) is 0. The number of hydrogen-bond donors (Lipinski definition) is 2. The zero-order valence-corrected chi connectivity index (χ0v) is 6.09. The topological polar surface area (TPSA) is 97.8 Å². The van der Waals surface area contributed by atoms with Gasteiger partial charge >= 0.3 is 5.69 Å². The molecule has 7 heteroatoms. The average Bonchev–Trinajstić information content (AvgIpc) is 2.32. The summed E-state index contributed by atoms with van der Waals surface area (Å²) in [6, 6.07) is 0. The van der Waals surface area contributed by atoms with E-state index in [2.05, 4.69) is 22.4 Å². The third kappa shape index (κ3) is 1.32. The molecular formula is C4H4N4O2S. The second-order valence-electron chi connectivity index (χ2n) is 1.75. The smallest absolute Gasteiger partial charge is 0.317 e. The lowest BCUT2D eigenvalue weighted by molar-refractivity contribution is -0.385. The van der Waals surface area contributed by atoms with Crippen LogP contribution in [0.2, 0.25) is 0 Å². The Labute approximate surface area is 66.5 Å². The maximum Gasteiger partial charge on any atom is 0.317 e. The highest BCUT2D eigenvalue weighted by atomic mass is 32.1. The first-order valence-corrected chi connectivity index (χ1v) is 3.01. The Bertz CT molecular complexity index is 278. The van der Waals surface area contributed by atoms with Gasteiger partial charge in [0.05, 0.1) is 4.92 Å². The van der Waals surface area contributed by atoms with E-state index in [0.29, 0.717) is 0 Å². The lowest BCUT2D eigenvalue weighted by Crippen LogP contribution is -2.11. The Morgan fingerprint density at radius 1 is 1.91 bits per heavy atom. The van der Waals surface area contributed by atoms with Crippen LogP contribution in [0.1, 0.15) is 5.69 Å². The van der Waals surface area contributed by atoms with Gasteiger partial charge in [0.25, 0.3) is 0 Å². The second-order valence-corrected chi connectivity index (χ2v) is 2.19. The van der Waals surface area contributed by atoms with Crippen molar-refractivity contribution in [2.24, 2.45) is 5.73 Å². The third-order valence-electron chi connectivity index (χ3n) is 1.06. The van der Waals surface area contributed by atoms with Crippen molar-refractivity contribution in [3.8, 4) is 0 Å². The van der Waals surface area contributed by atoms with Crippen LogP contribution in [0.5, 0.6) is 0 Å². The molecule has 0 radical (unpaired) electrons. The van der Waals surface area contributed by atoms with Gasteiger partial charge in [0.2, 0.25) is 0 Å². The Morgan fingerprint density at radius 2 is 2.55 bits per heavy atom. The molecule has 0 spiro atoms. The van der Waals surface area contributed by atoms with Crippen LogP contribution in [0.3, 0.4) is 0 Å². The number of H-pyrrole nitrogens is 1. The van der Waals surface area contributed by atoms with Crippen molar-refractivity contribution in [1.82, 2.24) is 10.2 Å². The van der Waals surface area contributed by atoms with Gasteiger partial charge < -0.3 is 5.73 Å². The fourth-order valence-electron chi connectivity index (χ4n) is 0.600. The largest absolute Gasteiger partial charge is 0.388 e. The molecule has 0 saturated carbocycles. The summed E-state index contributed by atoms with van der Waals surface area (Å²) in [6.45, 7) is 0. The molecule has 3 N–H and O–H groups in total. The van der Waals surface area contributed by atoms with E-state index >= 15 is 0 Å². The number of nitro groups is 1. The number of nitrogens with one attached hydrogen (secondary N) is 1. The lowest BCUT2D eigenvalue weighted by atomic mass is 10.4. The van der Waals surface area contributed by atoms with Crippen LogP contribution >= 0.6 is 12.2 Å². The standard InChI is InChI=1S/C4H4N4O2S/c5-4(11)3-2(8(9)10)1-6-7-3/h1H,(H2,5,11)(H,6,7). The second kappa shape index (κ2) is 2.62. The van der Waals surface area contributed by atoms with E-state index in [0.717, 1.165) is 6.20 Å². The van der Waals surface area contributed by atoms with Crippen molar-refractivity contribution in [3.63, 3.8) is 0 Å². The quantitative estimate of drug-likeness (QED) is 0.370. The van der Waals surface area contributed by atoms with Crippen LogP contribution in [0.15, 0.2) is 6.20 Å².